The molecule has 0 heterocycles. The van der Waals surface area contributed by atoms with Gasteiger partial charge in [0.25, 0.3) is 0 Å². The van der Waals surface area contributed by atoms with Crippen LogP contribution in [0, 0.1) is 0 Å². The minimum atomic E-state index is -0.855. The number of aliphatic carboxylic acids is 1. The van der Waals surface area contributed by atoms with Gasteiger partial charge in [-0.3, -0.25) is 0 Å². The van der Waals surface area contributed by atoms with E-state index in [4.69, 9.17) is 5.11 Å². The Balaban J connectivity index is 3.92. The van der Waals surface area contributed by atoms with Crippen molar-refractivity contribution < 1.29 is 9.90 Å². The second kappa shape index (κ2) is 8.80. The standard InChI is InChI=1S/C15H24O2/c1-12(2)7-5-8-13(3)9-6-10-14(4)11-15(16)17/h7,9,11H,5-6,8,10H2,1-4H3,(H,16,17)/b13-9+,14-11?. The largest absolute Gasteiger partial charge is 0.478 e. The Morgan fingerprint density at radius 3 is 2.00 bits per heavy atom. The van der Waals surface area contributed by atoms with Crippen LogP contribution in [0.4, 0.5) is 0 Å². The van der Waals surface area contributed by atoms with Crippen LogP contribution in [0.15, 0.2) is 34.9 Å². The molecular weight excluding hydrogens is 212 g/mol. The van der Waals surface area contributed by atoms with Crippen LogP contribution < -0.4 is 0 Å². The van der Waals surface area contributed by atoms with Gasteiger partial charge in [0.05, 0.1) is 0 Å². The predicted octanol–water partition coefficient (Wildman–Crippen LogP) is 4.49. The molecule has 0 aliphatic heterocycles. The van der Waals surface area contributed by atoms with E-state index in [-0.39, 0.29) is 0 Å². The van der Waals surface area contributed by atoms with Gasteiger partial charge in [0.2, 0.25) is 0 Å². The molecule has 0 aliphatic carbocycles. The molecular formula is C15H24O2. The van der Waals surface area contributed by atoms with Crippen LogP contribution in [0.25, 0.3) is 0 Å². The molecule has 0 aromatic carbocycles. The third-order valence-electron chi connectivity index (χ3n) is 2.49. The fourth-order valence-corrected chi connectivity index (χ4v) is 1.52. The Kier molecular flexibility index (Phi) is 8.12. The van der Waals surface area contributed by atoms with Gasteiger partial charge >= 0.3 is 5.97 Å². The van der Waals surface area contributed by atoms with Gasteiger partial charge in [0.1, 0.15) is 0 Å². The van der Waals surface area contributed by atoms with Crippen molar-refractivity contribution in [3.8, 4) is 0 Å². The van der Waals surface area contributed by atoms with Crippen LogP contribution in [-0.2, 0) is 4.79 Å². The molecule has 0 rings (SSSR count). The molecule has 1 N–H and O–H groups in total. The summed E-state index contributed by atoms with van der Waals surface area (Å²) in [6, 6.07) is 0. The molecule has 17 heavy (non-hydrogen) atoms. The number of hydrogen-bond acceptors (Lipinski definition) is 1. The van der Waals surface area contributed by atoms with E-state index in [0.717, 1.165) is 31.3 Å². The maximum absolute atomic E-state index is 10.4. The monoisotopic (exact) mass is 236 g/mol. The minimum Gasteiger partial charge on any atom is -0.478 e. The molecule has 2 heteroatoms. The third-order valence-corrected chi connectivity index (χ3v) is 2.49. The molecule has 0 atom stereocenters. The Labute approximate surface area is 105 Å². The average Bonchev–Trinajstić information content (AvgIpc) is 2.15. The van der Waals surface area contributed by atoms with Crippen molar-refractivity contribution >= 4 is 5.97 Å². The van der Waals surface area contributed by atoms with E-state index >= 15 is 0 Å². The Morgan fingerprint density at radius 2 is 1.47 bits per heavy atom. The second-order valence-electron chi connectivity index (χ2n) is 4.74. The van der Waals surface area contributed by atoms with E-state index in [1.165, 1.54) is 17.2 Å². The molecule has 0 saturated carbocycles. The number of allylic oxidation sites excluding steroid dienone is 5. The predicted molar refractivity (Wildman–Crippen MR) is 73.0 cm³/mol. The van der Waals surface area contributed by atoms with Crippen LogP contribution in [0.3, 0.4) is 0 Å². The normalized spacial score (nSPS) is 12.5. The van der Waals surface area contributed by atoms with Gasteiger partial charge in [0.15, 0.2) is 0 Å². The molecule has 0 unspecified atom stereocenters. The Hall–Kier alpha value is -1.31. The molecule has 0 aromatic rings. The zero-order valence-corrected chi connectivity index (χ0v) is 11.4. The lowest BCUT2D eigenvalue weighted by atomic mass is 10.1. The number of hydrogen-bond donors (Lipinski definition) is 1. The van der Waals surface area contributed by atoms with Crippen LogP contribution in [0.5, 0.6) is 0 Å². The summed E-state index contributed by atoms with van der Waals surface area (Å²) in [4.78, 5) is 10.4. The summed E-state index contributed by atoms with van der Waals surface area (Å²) in [6.07, 6.45) is 9.67. The zero-order valence-electron chi connectivity index (χ0n) is 11.4. The highest BCUT2D eigenvalue weighted by Crippen LogP contribution is 2.11. The van der Waals surface area contributed by atoms with Crippen LogP contribution in [0.1, 0.15) is 53.4 Å². The maximum Gasteiger partial charge on any atom is 0.328 e. The van der Waals surface area contributed by atoms with E-state index in [1.807, 2.05) is 6.92 Å². The summed E-state index contributed by atoms with van der Waals surface area (Å²) in [5.74, 6) is -0.855. The molecule has 0 aromatic heterocycles. The van der Waals surface area contributed by atoms with Crippen molar-refractivity contribution in [2.75, 3.05) is 0 Å². The first-order valence-corrected chi connectivity index (χ1v) is 6.11. The first-order valence-electron chi connectivity index (χ1n) is 6.11. The fourth-order valence-electron chi connectivity index (χ4n) is 1.52. The molecule has 0 saturated heterocycles. The first kappa shape index (κ1) is 15.7. The van der Waals surface area contributed by atoms with Gasteiger partial charge in [-0.25, -0.2) is 4.79 Å². The van der Waals surface area contributed by atoms with E-state index < -0.39 is 5.97 Å². The van der Waals surface area contributed by atoms with Gasteiger partial charge in [-0.2, -0.15) is 0 Å². The van der Waals surface area contributed by atoms with E-state index in [0.29, 0.717) is 0 Å². The summed E-state index contributed by atoms with van der Waals surface area (Å²) in [7, 11) is 0. The molecule has 96 valence electrons. The SMILES string of the molecule is CC(C)=CCC/C(C)=C/CCC(C)=CC(=O)O. The molecule has 0 spiro atoms. The lowest BCUT2D eigenvalue weighted by molar-refractivity contribution is -0.131. The van der Waals surface area contributed by atoms with Crippen LogP contribution in [-0.4, -0.2) is 11.1 Å². The van der Waals surface area contributed by atoms with Crippen molar-refractivity contribution in [3.63, 3.8) is 0 Å². The van der Waals surface area contributed by atoms with Gasteiger partial charge in [-0.1, -0.05) is 28.9 Å². The smallest absolute Gasteiger partial charge is 0.328 e. The summed E-state index contributed by atoms with van der Waals surface area (Å²) in [5, 5.41) is 8.56. The second-order valence-corrected chi connectivity index (χ2v) is 4.74. The van der Waals surface area contributed by atoms with Crippen molar-refractivity contribution in [1.82, 2.24) is 0 Å². The van der Waals surface area contributed by atoms with Crippen molar-refractivity contribution in [2.45, 2.75) is 53.4 Å². The van der Waals surface area contributed by atoms with Gasteiger partial charge in [-0.15, -0.1) is 0 Å². The van der Waals surface area contributed by atoms with Crippen molar-refractivity contribution in [3.05, 3.63) is 34.9 Å². The molecule has 0 radical (unpaired) electrons. The van der Waals surface area contributed by atoms with Crippen LogP contribution in [0.2, 0.25) is 0 Å². The molecule has 0 amide bonds. The Bertz CT molecular complexity index is 329. The van der Waals surface area contributed by atoms with Gasteiger partial charge < -0.3 is 5.11 Å². The van der Waals surface area contributed by atoms with Crippen molar-refractivity contribution in [1.29, 1.82) is 0 Å². The number of carboxylic acids is 1. The van der Waals surface area contributed by atoms with E-state index in [9.17, 15) is 4.79 Å². The molecule has 0 aliphatic rings. The number of carboxylic acid groups (broad SMARTS) is 1. The van der Waals surface area contributed by atoms with Crippen molar-refractivity contribution in [2.24, 2.45) is 0 Å². The van der Waals surface area contributed by atoms with E-state index in [1.54, 1.807) is 0 Å². The first-order chi connectivity index (χ1) is 7.91. The number of rotatable bonds is 7. The quantitative estimate of drug-likeness (QED) is 0.522. The third kappa shape index (κ3) is 11.0. The highest BCUT2D eigenvalue weighted by Gasteiger charge is 1.94. The molecule has 0 bridgehead atoms. The number of carbonyl (C=O) groups is 1. The topological polar surface area (TPSA) is 37.3 Å². The molecule has 2 nitrogen and oxygen atoms in total. The molecule has 0 fully saturated rings. The van der Waals surface area contributed by atoms with Gasteiger partial charge in [-0.05, 0) is 53.4 Å². The van der Waals surface area contributed by atoms with E-state index in [2.05, 4.69) is 32.9 Å². The summed E-state index contributed by atoms with van der Waals surface area (Å²) >= 11 is 0. The lowest BCUT2D eigenvalue weighted by Gasteiger charge is -2.00. The lowest BCUT2D eigenvalue weighted by Crippen LogP contribution is -1.89. The maximum atomic E-state index is 10.4. The fraction of sp³-hybridized carbons (Fsp3) is 0.533. The van der Waals surface area contributed by atoms with Crippen LogP contribution >= 0.6 is 0 Å². The summed E-state index contributed by atoms with van der Waals surface area (Å²) in [5.41, 5.74) is 3.66. The van der Waals surface area contributed by atoms with Gasteiger partial charge in [0, 0.05) is 6.08 Å². The zero-order chi connectivity index (χ0) is 13.3. The highest BCUT2D eigenvalue weighted by molar-refractivity contribution is 5.80. The Morgan fingerprint density at radius 1 is 0.941 bits per heavy atom. The summed E-state index contributed by atoms with van der Waals surface area (Å²) in [6.45, 7) is 8.22. The average molecular weight is 236 g/mol. The summed E-state index contributed by atoms with van der Waals surface area (Å²) < 4.78 is 0. The minimum absolute atomic E-state index is 0.826. The highest BCUT2D eigenvalue weighted by atomic mass is 16.4.